The number of ether oxygens (including phenoxy) is 2. The van der Waals surface area contributed by atoms with Crippen molar-refractivity contribution >= 4 is 12.2 Å². The van der Waals surface area contributed by atoms with Gasteiger partial charge in [-0.25, -0.2) is 4.79 Å². The van der Waals surface area contributed by atoms with Gasteiger partial charge in [-0.2, -0.15) is 0 Å². The highest BCUT2D eigenvalue weighted by Crippen LogP contribution is 2.02. The highest BCUT2D eigenvalue weighted by Gasteiger charge is 2.01. The van der Waals surface area contributed by atoms with Crippen molar-refractivity contribution in [2.24, 2.45) is 5.92 Å². The lowest BCUT2D eigenvalue weighted by Crippen LogP contribution is -2.06. The van der Waals surface area contributed by atoms with Gasteiger partial charge >= 0.3 is 6.16 Å². The van der Waals surface area contributed by atoms with Gasteiger partial charge in [0.2, 0.25) is 0 Å². The lowest BCUT2D eigenvalue weighted by atomic mass is 10.1. The minimum atomic E-state index is -0.655. The molecule has 0 aliphatic carbocycles. The van der Waals surface area contributed by atoms with E-state index < -0.39 is 6.16 Å². The largest absolute Gasteiger partial charge is 0.513 e. The van der Waals surface area contributed by atoms with Crippen LogP contribution in [0.3, 0.4) is 0 Å². The summed E-state index contributed by atoms with van der Waals surface area (Å²) in [5.74, 6) is 0.516. The first-order valence-electron chi connectivity index (χ1n) is 5.73. The van der Waals surface area contributed by atoms with Crippen molar-refractivity contribution in [3.63, 3.8) is 0 Å². The molecule has 1 aromatic rings. The summed E-state index contributed by atoms with van der Waals surface area (Å²) in [4.78, 5) is 11.1. The summed E-state index contributed by atoms with van der Waals surface area (Å²) >= 11 is 0. The Morgan fingerprint density at radius 2 is 2.00 bits per heavy atom. The second-order valence-electron chi connectivity index (χ2n) is 4.11. The van der Waals surface area contributed by atoms with Crippen LogP contribution in [0.4, 0.5) is 4.79 Å². The van der Waals surface area contributed by atoms with Gasteiger partial charge in [-0.1, -0.05) is 44.2 Å². The van der Waals surface area contributed by atoms with Crippen LogP contribution in [-0.4, -0.2) is 12.8 Å². The van der Waals surface area contributed by atoms with Crippen molar-refractivity contribution < 1.29 is 14.3 Å². The number of carbonyl (C=O) groups excluding carboxylic acids is 1. The molecule has 3 heteroatoms. The number of hydrogen-bond acceptors (Lipinski definition) is 3. The third kappa shape index (κ3) is 6.40. The molecule has 0 unspecified atom stereocenters. The average Bonchev–Trinajstić information content (AvgIpc) is 2.30. The van der Waals surface area contributed by atoms with Gasteiger partial charge in [-0.3, -0.25) is 0 Å². The minimum Gasteiger partial charge on any atom is -0.434 e. The molecule has 0 fully saturated rings. The maximum atomic E-state index is 11.1. The van der Waals surface area contributed by atoms with E-state index >= 15 is 0 Å². The van der Waals surface area contributed by atoms with Crippen LogP contribution in [0.5, 0.6) is 0 Å². The topological polar surface area (TPSA) is 35.5 Å². The summed E-state index contributed by atoms with van der Waals surface area (Å²) in [6.45, 7) is 4.55. The van der Waals surface area contributed by atoms with E-state index in [0.717, 1.165) is 12.0 Å². The highest BCUT2D eigenvalue weighted by atomic mass is 16.7. The molecule has 1 aromatic carbocycles. The van der Waals surface area contributed by atoms with Gasteiger partial charge in [0.15, 0.2) is 0 Å². The van der Waals surface area contributed by atoms with Crippen molar-refractivity contribution in [1.29, 1.82) is 0 Å². The van der Waals surface area contributed by atoms with E-state index in [-0.39, 0.29) is 0 Å². The summed E-state index contributed by atoms with van der Waals surface area (Å²) in [7, 11) is 0. The average molecular weight is 234 g/mol. The van der Waals surface area contributed by atoms with E-state index in [2.05, 4.69) is 13.8 Å². The van der Waals surface area contributed by atoms with Crippen LogP contribution < -0.4 is 0 Å². The van der Waals surface area contributed by atoms with Crippen LogP contribution in [0.2, 0.25) is 0 Å². The quantitative estimate of drug-likeness (QED) is 0.573. The Balaban J connectivity index is 2.22. The summed E-state index contributed by atoms with van der Waals surface area (Å²) in [6.07, 6.45) is 3.24. The Morgan fingerprint density at radius 3 is 2.65 bits per heavy atom. The summed E-state index contributed by atoms with van der Waals surface area (Å²) in [5.41, 5.74) is 0.975. The molecule has 3 nitrogen and oxygen atoms in total. The van der Waals surface area contributed by atoms with E-state index in [1.807, 2.05) is 30.3 Å². The van der Waals surface area contributed by atoms with E-state index in [4.69, 9.17) is 9.47 Å². The molecule has 0 aromatic heterocycles. The van der Waals surface area contributed by atoms with Crippen molar-refractivity contribution in [2.75, 3.05) is 6.61 Å². The Morgan fingerprint density at radius 1 is 1.29 bits per heavy atom. The van der Waals surface area contributed by atoms with Crippen LogP contribution in [0.1, 0.15) is 25.8 Å². The monoisotopic (exact) mass is 234 g/mol. The molecule has 0 aliphatic heterocycles. The summed E-state index contributed by atoms with van der Waals surface area (Å²) < 4.78 is 9.66. The third-order valence-electron chi connectivity index (χ3n) is 2.14. The summed E-state index contributed by atoms with van der Waals surface area (Å²) in [5, 5.41) is 0. The molecule has 0 heterocycles. The van der Waals surface area contributed by atoms with Gasteiger partial charge in [0, 0.05) is 0 Å². The van der Waals surface area contributed by atoms with Crippen molar-refractivity contribution in [2.45, 2.75) is 20.3 Å². The molecule has 0 aliphatic rings. The SMILES string of the molecule is CC(C)CCOC(=O)OC=Cc1ccccc1. The zero-order chi connectivity index (χ0) is 12.5. The molecule has 0 N–H and O–H groups in total. The molecular weight excluding hydrogens is 216 g/mol. The number of rotatable bonds is 5. The molecule has 0 radical (unpaired) electrons. The van der Waals surface area contributed by atoms with Gasteiger partial charge in [-0.15, -0.1) is 0 Å². The lowest BCUT2D eigenvalue weighted by molar-refractivity contribution is 0.0814. The van der Waals surface area contributed by atoms with E-state index in [9.17, 15) is 4.79 Å². The standard InChI is InChI=1S/C14H18O3/c1-12(2)8-10-16-14(15)17-11-9-13-6-4-3-5-7-13/h3-7,9,11-12H,8,10H2,1-2H3. The van der Waals surface area contributed by atoms with E-state index in [1.165, 1.54) is 6.26 Å². The first-order chi connectivity index (χ1) is 8.18. The van der Waals surface area contributed by atoms with Crippen LogP contribution in [0.25, 0.3) is 6.08 Å². The second kappa shape index (κ2) is 7.49. The van der Waals surface area contributed by atoms with Crippen LogP contribution in [0, 0.1) is 5.92 Å². The highest BCUT2D eigenvalue weighted by molar-refractivity contribution is 5.62. The Kier molecular flexibility index (Phi) is 5.86. The van der Waals surface area contributed by atoms with Gasteiger partial charge in [0.05, 0.1) is 12.9 Å². The fraction of sp³-hybridized carbons (Fsp3) is 0.357. The molecule has 0 saturated heterocycles. The zero-order valence-electron chi connectivity index (χ0n) is 10.3. The molecule has 0 amide bonds. The van der Waals surface area contributed by atoms with Crippen LogP contribution in [0.15, 0.2) is 36.6 Å². The molecule has 0 atom stereocenters. The van der Waals surface area contributed by atoms with Gasteiger partial charge in [0.1, 0.15) is 0 Å². The predicted octanol–water partition coefficient (Wildman–Crippen LogP) is 3.86. The van der Waals surface area contributed by atoms with Gasteiger partial charge < -0.3 is 9.47 Å². The molecule has 92 valence electrons. The van der Waals surface area contributed by atoms with Gasteiger partial charge in [0.25, 0.3) is 0 Å². The van der Waals surface area contributed by atoms with Crippen molar-refractivity contribution in [1.82, 2.24) is 0 Å². The minimum absolute atomic E-state index is 0.398. The van der Waals surface area contributed by atoms with Gasteiger partial charge in [-0.05, 0) is 24.0 Å². The molecular formula is C14H18O3. The first kappa shape index (κ1) is 13.3. The van der Waals surface area contributed by atoms with E-state index in [0.29, 0.717) is 12.5 Å². The molecule has 1 rings (SSSR count). The number of benzene rings is 1. The second-order valence-corrected chi connectivity index (χ2v) is 4.11. The number of hydrogen-bond donors (Lipinski definition) is 0. The van der Waals surface area contributed by atoms with Crippen molar-refractivity contribution in [3.05, 3.63) is 42.2 Å². The predicted molar refractivity (Wildman–Crippen MR) is 67.4 cm³/mol. The third-order valence-corrected chi connectivity index (χ3v) is 2.14. The summed E-state index contributed by atoms with van der Waals surface area (Å²) in [6, 6.07) is 9.60. The maximum absolute atomic E-state index is 11.1. The Labute approximate surface area is 102 Å². The van der Waals surface area contributed by atoms with E-state index in [1.54, 1.807) is 6.08 Å². The smallest absolute Gasteiger partial charge is 0.434 e. The Bertz CT molecular complexity index is 355. The molecule has 17 heavy (non-hydrogen) atoms. The fourth-order valence-electron chi connectivity index (χ4n) is 1.14. The normalized spacial score (nSPS) is 10.8. The Hall–Kier alpha value is -1.77. The number of carbonyl (C=O) groups is 1. The molecule has 0 spiro atoms. The van der Waals surface area contributed by atoms with Crippen LogP contribution in [-0.2, 0) is 9.47 Å². The first-order valence-corrected chi connectivity index (χ1v) is 5.73. The molecule has 0 bridgehead atoms. The zero-order valence-corrected chi connectivity index (χ0v) is 10.3. The fourth-order valence-corrected chi connectivity index (χ4v) is 1.14. The molecule has 0 saturated carbocycles. The lowest BCUT2D eigenvalue weighted by Gasteiger charge is -2.04. The van der Waals surface area contributed by atoms with Crippen LogP contribution >= 0.6 is 0 Å². The maximum Gasteiger partial charge on any atom is 0.513 e. The van der Waals surface area contributed by atoms with Crippen molar-refractivity contribution in [3.8, 4) is 0 Å².